The Bertz CT molecular complexity index is 389. The molecule has 1 saturated heterocycles. The minimum atomic E-state index is -4.70. The van der Waals surface area contributed by atoms with E-state index in [1.807, 2.05) is 0 Å². The predicted octanol–water partition coefficient (Wildman–Crippen LogP) is 2.57. The summed E-state index contributed by atoms with van der Waals surface area (Å²) in [6.45, 7) is 2.16. The van der Waals surface area contributed by atoms with Crippen molar-refractivity contribution in [3.05, 3.63) is 24.3 Å². The van der Waals surface area contributed by atoms with E-state index in [0.717, 1.165) is 19.5 Å². The van der Waals surface area contributed by atoms with Gasteiger partial charge in [-0.05, 0) is 25.1 Å². The molecule has 2 rings (SSSR count). The number of ether oxygens (including phenoxy) is 2. The van der Waals surface area contributed by atoms with Crippen molar-refractivity contribution in [2.24, 2.45) is 5.92 Å². The average molecular weight is 261 g/mol. The smallest absolute Gasteiger partial charge is 0.489 e. The highest BCUT2D eigenvalue weighted by Gasteiger charge is 2.32. The maximum absolute atomic E-state index is 12.2. The highest BCUT2D eigenvalue weighted by atomic mass is 19.4. The molecule has 0 amide bonds. The molecule has 18 heavy (non-hydrogen) atoms. The standard InChI is InChI=1S/C12H14F3NO2/c13-12(14,15)18-11-4-2-1-3-10(11)17-8-9-5-6-16-7-9/h1-4,9,16H,5-8H2. The summed E-state index contributed by atoms with van der Waals surface area (Å²) < 4.78 is 45.8. The second-order valence-corrected chi connectivity index (χ2v) is 4.16. The van der Waals surface area contributed by atoms with Crippen LogP contribution in [0.3, 0.4) is 0 Å². The zero-order chi connectivity index (χ0) is 13.0. The Morgan fingerprint density at radius 3 is 2.56 bits per heavy atom. The Hall–Kier alpha value is -1.43. The number of hydrogen-bond acceptors (Lipinski definition) is 3. The van der Waals surface area contributed by atoms with Gasteiger partial charge >= 0.3 is 6.36 Å². The SMILES string of the molecule is FC(F)(F)Oc1ccccc1OCC1CCNC1. The molecule has 1 unspecified atom stereocenters. The lowest BCUT2D eigenvalue weighted by molar-refractivity contribution is -0.275. The summed E-state index contributed by atoms with van der Waals surface area (Å²) in [5, 5.41) is 3.17. The van der Waals surface area contributed by atoms with Crippen LogP contribution in [0.15, 0.2) is 24.3 Å². The van der Waals surface area contributed by atoms with E-state index in [-0.39, 0.29) is 11.5 Å². The number of nitrogens with one attached hydrogen (secondary N) is 1. The first-order valence-electron chi connectivity index (χ1n) is 5.73. The molecule has 1 aromatic carbocycles. The van der Waals surface area contributed by atoms with Crippen LogP contribution in [0.5, 0.6) is 11.5 Å². The predicted molar refractivity (Wildman–Crippen MR) is 59.6 cm³/mol. The number of hydrogen-bond donors (Lipinski definition) is 1. The Morgan fingerprint density at radius 1 is 1.22 bits per heavy atom. The molecule has 3 nitrogen and oxygen atoms in total. The largest absolute Gasteiger partial charge is 0.573 e. The number of rotatable bonds is 4. The second kappa shape index (κ2) is 5.48. The molecule has 0 aliphatic carbocycles. The van der Waals surface area contributed by atoms with Crippen molar-refractivity contribution in [2.75, 3.05) is 19.7 Å². The maximum atomic E-state index is 12.2. The molecule has 1 N–H and O–H groups in total. The molecule has 1 aliphatic heterocycles. The quantitative estimate of drug-likeness (QED) is 0.903. The van der Waals surface area contributed by atoms with Crippen molar-refractivity contribution >= 4 is 0 Å². The Morgan fingerprint density at radius 2 is 1.94 bits per heavy atom. The molecule has 100 valence electrons. The number of alkyl halides is 3. The van der Waals surface area contributed by atoms with Gasteiger partial charge in [-0.1, -0.05) is 12.1 Å². The van der Waals surface area contributed by atoms with Gasteiger partial charge in [0.2, 0.25) is 0 Å². The first-order valence-corrected chi connectivity index (χ1v) is 5.73. The monoisotopic (exact) mass is 261 g/mol. The van der Waals surface area contributed by atoms with Gasteiger partial charge in [0, 0.05) is 12.5 Å². The summed E-state index contributed by atoms with van der Waals surface area (Å²) >= 11 is 0. The Kier molecular flexibility index (Phi) is 3.96. The van der Waals surface area contributed by atoms with Crippen molar-refractivity contribution in [1.29, 1.82) is 0 Å². The van der Waals surface area contributed by atoms with E-state index in [4.69, 9.17) is 4.74 Å². The molecule has 1 aliphatic rings. The van der Waals surface area contributed by atoms with Gasteiger partial charge in [0.15, 0.2) is 11.5 Å². The van der Waals surface area contributed by atoms with E-state index < -0.39 is 6.36 Å². The fourth-order valence-corrected chi connectivity index (χ4v) is 1.84. The van der Waals surface area contributed by atoms with Crippen LogP contribution in [-0.4, -0.2) is 26.1 Å². The molecule has 1 aromatic rings. The molecular weight excluding hydrogens is 247 g/mol. The van der Waals surface area contributed by atoms with Crippen molar-refractivity contribution in [3.8, 4) is 11.5 Å². The van der Waals surface area contributed by atoms with E-state index in [1.165, 1.54) is 18.2 Å². The fraction of sp³-hybridized carbons (Fsp3) is 0.500. The highest BCUT2D eigenvalue weighted by Crippen LogP contribution is 2.32. The van der Waals surface area contributed by atoms with Gasteiger partial charge in [-0.2, -0.15) is 0 Å². The molecule has 1 heterocycles. The second-order valence-electron chi connectivity index (χ2n) is 4.16. The van der Waals surface area contributed by atoms with Crippen molar-refractivity contribution in [2.45, 2.75) is 12.8 Å². The van der Waals surface area contributed by atoms with Crippen LogP contribution in [0.2, 0.25) is 0 Å². The summed E-state index contributed by atoms with van der Waals surface area (Å²) in [5.74, 6) is 0.168. The lowest BCUT2D eigenvalue weighted by Crippen LogP contribution is -2.19. The molecule has 1 fully saturated rings. The van der Waals surface area contributed by atoms with Crippen LogP contribution in [0.4, 0.5) is 13.2 Å². The summed E-state index contributed by atoms with van der Waals surface area (Å²) in [7, 11) is 0. The van der Waals surface area contributed by atoms with Crippen molar-refractivity contribution < 1.29 is 22.6 Å². The zero-order valence-corrected chi connectivity index (χ0v) is 9.67. The summed E-state index contributed by atoms with van der Waals surface area (Å²) in [6.07, 6.45) is -3.73. The molecule has 1 atom stereocenters. The summed E-state index contributed by atoms with van der Waals surface area (Å²) in [5.41, 5.74) is 0. The van der Waals surface area contributed by atoms with E-state index >= 15 is 0 Å². The Labute approximate surface area is 103 Å². The van der Waals surface area contributed by atoms with E-state index in [0.29, 0.717) is 12.5 Å². The van der Waals surface area contributed by atoms with Gasteiger partial charge < -0.3 is 14.8 Å². The molecule has 0 saturated carbocycles. The van der Waals surface area contributed by atoms with Crippen LogP contribution >= 0.6 is 0 Å². The zero-order valence-electron chi connectivity index (χ0n) is 9.67. The minimum Gasteiger partial charge on any atom is -0.489 e. The van der Waals surface area contributed by atoms with Gasteiger partial charge in [-0.3, -0.25) is 0 Å². The molecule has 0 radical (unpaired) electrons. The van der Waals surface area contributed by atoms with Gasteiger partial charge in [0.1, 0.15) is 0 Å². The third-order valence-corrected chi connectivity index (χ3v) is 2.71. The van der Waals surface area contributed by atoms with E-state index in [1.54, 1.807) is 6.07 Å². The van der Waals surface area contributed by atoms with Crippen LogP contribution in [-0.2, 0) is 0 Å². The first kappa shape index (κ1) is 13.0. The van der Waals surface area contributed by atoms with Crippen LogP contribution in [0.25, 0.3) is 0 Å². The lowest BCUT2D eigenvalue weighted by Gasteiger charge is -2.15. The summed E-state index contributed by atoms with van der Waals surface area (Å²) in [6, 6.07) is 5.82. The van der Waals surface area contributed by atoms with Crippen LogP contribution in [0, 0.1) is 5.92 Å². The third kappa shape index (κ3) is 3.80. The number of halogens is 3. The first-order chi connectivity index (χ1) is 8.54. The van der Waals surface area contributed by atoms with Crippen LogP contribution < -0.4 is 14.8 Å². The molecule has 0 aromatic heterocycles. The maximum Gasteiger partial charge on any atom is 0.573 e. The molecule has 0 spiro atoms. The van der Waals surface area contributed by atoms with Crippen molar-refractivity contribution in [3.63, 3.8) is 0 Å². The fourth-order valence-electron chi connectivity index (χ4n) is 1.84. The summed E-state index contributed by atoms with van der Waals surface area (Å²) in [4.78, 5) is 0. The minimum absolute atomic E-state index is 0.127. The molecule has 0 bridgehead atoms. The highest BCUT2D eigenvalue weighted by molar-refractivity contribution is 5.39. The third-order valence-electron chi connectivity index (χ3n) is 2.71. The van der Waals surface area contributed by atoms with E-state index in [9.17, 15) is 13.2 Å². The van der Waals surface area contributed by atoms with Crippen molar-refractivity contribution in [1.82, 2.24) is 5.32 Å². The molecule has 6 heteroatoms. The molecular formula is C12H14F3NO2. The topological polar surface area (TPSA) is 30.5 Å². The van der Waals surface area contributed by atoms with Gasteiger partial charge in [0.25, 0.3) is 0 Å². The number of para-hydroxylation sites is 2. The van der Waals surface area contributed by atoms with E-state index in [2.05, 4.69) is 10.1 Å². The Balaban J connectivity index is 1.98. The normalized spacial score (nSPS) is 19.8. The van der Waals surface area contributed by atoms with Crippen LogP contribution in [0.1, 0.15) is 6.42 Å². The van der Waals surface area contributed by atoms with Gasteiger partial charge in [0.05, 0.1) is 6.61 Å². The lowest BCUT2D eigenvalue weighted by atomic mass is 10.1. The van der Waals surface area contributed by atoms with Gasteiger partial charge in [-0.15, -0.1) is 13.2 Å². The van der Waals surface area contributed by atoms with Gasteiger partial charge in [-0.25, -0.2) is 0 Å². The number of benzene rings is 1. The average Bonchev–Trinajstić information content (AvgIpc) is 2.79.